The predicted molar refractivity (Wildman–Crippen MR) is 129 cm³/mol. The number of ether oxygens (including phenoxy) is 4. The van der Waals surface area contributed by atoms with Crippen LogP contribution in [0.4, 0.5) is 9.52 Å². The molecule has 0 unspecified atom stereocenters. The minimum Gasteiger partial charge on any atom is -0.495 e. The Balaban J connectivity index is 1.54. The number of nitrogens with zero attached hydrogens (tertiary/aromatic N) is 3. The number of aromatic nitrogens is 1. The molecule has 1 saturated heterocycles. The third-order valence-electron chi connectivity index (χ3n) is 5.57. The SMILES string of the molecule is COc1ccc(OC)c2sc(N(CCCN3CCOCC3)C(=O)COc3ccc(F)cc3)nc12. The first-order valence-corrected chi connectivity index (χ1v) is 11.9. The van der Waals surface area contributed by atoms with Crippen LogP contribution in [0.2, 0.25) is 0 Å². The second-order valence-corrected chi connectivity index (χ2v) is 8.72. The van der Waals surface area contributed by atoms with Gasteiger partial charge in [-0.05, 0) is 42.8 Å². The number of halogens is 1. The van der Waals surface area contributed by atoms with E-state index in [0.717, 1.165) is 44.0 Å². The largest absolute Gasteiger partial charge is 0.495 e. The van der Waals surface area contributed by atoms with Crippen molar-refractivity contribution in [1.29, 1.82) is 0 Å². The second-order valence-electron chi connectivity index (χ2n) is 7.74. The number of hydrogen-bond acceptors (Lipinski definition) is 8. The summed E-state index contributed by atoms with van der Waals surface area (Å²) in [7, 11) is 3.19. The molecule has 0 radical (unpaired) electrons. The fourth-order valence-electron chi connectivity index (χ4n) is 3.75. The predicted octanol–water partition coefficient (Wildman–Crippen LogP) is 3.59. The molecule has 182 valence electrons. The van der Waals surface area contributed by atoms with Gasteiger partial charge in [-0.25, -0.2) is 9.37 Å². The number of fused-ring (bicyclic) bond motifs is 1. The summed E-state index contributed by atoms with van der Waals surface area (Å²) < 4.78 is 36.0. The number of hydrogen-bond donors (Lipinski definition) is 0. The van der Waals surface area contributed by atoms with Crippen LogP contribution < -0.4 is 19.1 Å². The summed E-state index contributed by atoms with van der Waals surface area (Å²) in [4.78, 5) is 21.9. The summed E-state index contributed by atoms with van der Waals surface area (Å²) in [6.45, 7) is 4.37. The van der Waals surface area contributed by atoms with Gasteiger partial charge >= 0.3 is 0 Å². The van der Waals surface area contributed by atoms with Gasteiger partial charge in [0.05, 0.1) is 27.4 Å². The molecule has 1 aliphatic rings. The number of methoxy groups -OCH3 is 2. The van der Waals surface area contributed by atoms with Crippen molar-refractivity contribution in [3.05, 3.63) is 42.2 Å². The average Bonchev–Trinajstić information content (AvgIpc) is 3.31. The quantitative estimate of drug-likeness (QED) is 0.431. The zero-order valence-corrected chi connectivity index (χ0v) is 20.1. The second kappa shape index (κ2) is 11.5. The Morgan fingerprint density at radius 3 is 2.53 bits per heavy atom. The van der Waals surface area contributed by atoms with Crippen molar-refractivity contribution in [1.82, 2.24) is 9.88 Å². The molecule has 1 fully saturated rings. The van der Waals surface area contributed by atoms with Gasteiger partial charge in [0.25, 0.3) is 5.91 Å². The van der Waals surface area contributed by atoms with Crippen molar-refractivity contribution in [3.8, 4) is 17.2 Å². The standard InChI is InChI=1S/C24H28FN3O5S/c1-30-19-8-9-20(31-2)23-22(19)26-24(34-23)28(11-3-10-27-12-14-32-15-13-27)21(29)16-33-18-6-4-17(25)5-7-18/h4-9H,3,10-16H2,1-2H3. The van der Waals surface area contributed by atoms with Crippen molar-refractivity contribution < 1.29 is 28.1 Å². The van der Waals surface area contributed by atoms with Gasteiger partial charge in [0.1, 0.15) is 33.3 Å². The molecule has 0 atom stereocenters. The molecule has 2 aromatic carbocycles. The van der Waals surface area contributed by atoms with Crippen LogP contribution in [0.15, 0.2) is 36.4 Å². The molecular weight excluding hydrogens is 461 g/mol. The maximum Gasteiger partial charge on any atom is 0.266 e. The Kier molecular flexibility index (Phi) is 8.15. The molecule has 10 heteroatoms. The first-order chi connectivity index (χ1) is 16.6. The lowest BCUT2D eigenvalue weighted by Gasteiger charge is -2.27. The van der Waals surface area contributed by atoms with Gasteiger partial charge < -0.3 is 18.9 Å². The van der Waals surface area contributed by atoms with Crippen LogP contribution in [0.5, 0.6) is 17.2 Å². The third kappa shape index (κ3) is 5.75. The number of rotatable bonds is 10. The van der Waals surface area contributed by atoms with Crippen LogP contribution >= 0.6 is 11.3 Å². The molecule has 0 aliphatic carbocycles. The van der Waals surface area contributed by atoms with E-state index >= 15 is 0 Å². The van der Waals surface area contributed by atoms with E-state index in [9.17, 15) is 9.18 Å². The van der Waals surface area contributed by atoms with Gasteiger partial charge in [0.2, 0.25) is 0 Å². The molecule has 34 heavy (non-hydrogen) atoms. The number of anilines is 1. The van der Waals surface area contributed by atoms with Gasteiger partial charge in [-0.1, -0.05) is 11.3 Å². The lowest BCUT2D eigenvalue weighted by Crippen LogP contribution is -2.40. The van der Waals surface area contributed by atoms with Gasteiger partial charge in [-0.2, -0.15) is 0 Å². The minimum atomic E-state index is -0.360. The van der Waals surface area contributed by atoms with E-state index in [-0.39, 0.29) is 18.3 Å². The van der Waals surface area contributed by atoms with Crippen LogP contribution in [0.1, 0.15) is 6.42 Å². The van der Waals surface area contributed by atoms with Gasteiger partial charge in [0.15, 0.2) is 11.7 Å². The number of amides is 1. The van der Waals surface area contributed by atoms with E-state index in [2.05, 4.69) is 4.90 Å². The maximum atomic E-state index is 13.2. The lowest BCUT2D eigenvalue weighted by molar-refractivity contribution is -0.120. The Morgan fingerprint density at radius 2 is 1.82 bits per heavy atom. The molecule has 2 heterocycles. The van der Waals surface area contributed by atoms with E-state index in [0.29, 0.717) is 34.4 Å². The number of carbonyl (C=O) groups is 1. The first-order valence-electron chi connectivity index (χ1n) is 11.1. The van der Waals surface area contributed by atoms with Gasteiger partial charge in [-0.3, -0.25) is 14.6 Å². The summed E-state index contributed by atoms with van der Waals surface area (Å²) in [6.07, 6.45) is 0.770. The van der Waals surface area contributed by atoms with Crippen molar-refractivity contribution >= 4 is 32.6 Å². The zero-order chi connectivity index (χ0) is 23.9. The molecule has 0 bridgehead atoms. The molecule has 0 saturated carbocycles. The molecule has 1 amide bonds. The van der Waals surface area contributed by atoms with Crippen LogP contribution in [-0.4, -0.2) is 76.0 Å². The molecular formula is C24H28FN3O5S. The van der Waals surface area contributed by atoms with E-state index in [1.807, 2.05) is 6.07 Å². The Hall–Kier alpha value is -2.95. The van der Waals surface area contributed by atoms with Crippen LogP contribution in [0.3, 0.4) is 0 Å². The number of benzene rings is 2. The van der Waals surface area contributed by atoms with Crippen LogP contribution in [0, 0.1) is 5.82 Å². The highest BCUT2D eigenvalue weighted by molar-refractivity contribution is 7.22. The highest BCUT2D eigenvalue weighted by Crippen LogP contribution is 2.40. The van der Waals surface area contributed by atoms with Gasteiger partial charge in [-0.15, -0.1) is 0 Å². The van der Waals surface area contributed by atoms with Crippen molar-refractivity contribution in [2.75, 3.05) is 65.1 Å². The maximum absolute atomic E-state index is 13.2. The summed E-state index contributed by atoms with van der Waals surface area (Å²) >= 11 is 1.37. The van der Waals surface area contributed by atoms with Crippen LogP contribution in [-0.2, 0) is 9.53 Å². The third-order valence-corrected chi connectivity index (χ3v) is 6.66. The highest BCUT2D eigenvalue weighted by Gasteiger charge is 2.23. The Morgan fingerprint density at radius 1 is 1.12 bits per heavy atom. The number of thiazole rings is 1. The van der Waals surface area contributed by atoms with E-state index < -0.39 is 0 Å². The van der Waals surface area contributed by atoms with E-state index in [4.69, 9.17) is 23.9 Å². The molecule has 8 nitrogen and oxygen atoms in total. The molecule has 1 aromatic heterocycles. The van der Waals surface area contributed by atoms with Crippen molar-refractivity contribution in [2.24, 2.45) is 0 Å². The summed E-state index contributed by atoms with van der Waals surface area (Å²) in [5.41, 5.74) is 0.646. The number of carbonyl (C=O) groups excluding carboxylic acids is 1. The summed E-state index contributed by atoms with van der Waals surface area (Å²) in [6, 6.07) is 9.22. The number of morpholine rings is 1. The first kappa shape index (κ1) is 24.2. The average molecular weight is 490 g/mol. The molecule has 0 N–H and O–H groups in total. The normalized spacial score (nSPS) is 14.2. The molecule has 0 spiro atoms. The molecule has 4 rings (SSSR count). The lowest BCUT2D eigenvalue weighted by atomic mass is 10.3. The molecule has 3 aromatic rings. The van der Waals surface area contributed by atoms with Crippen LogP contribution in [0.25, 0.3) is 10.2 Å². The Labute approximate surface area is 201 Å². The van der Waals surface area contributed by atoms with Crippen molar-refractivity contribution in [2.45, 2.75) is 6.42 Å². The summed E-state index contributed by atoms with van der Waals surface area (Å²) in [5.74, 6) is 1.11. The monoisotopic (exact) mass is 489 g/mol. The molecule has 1 aliphatic heterocycles. The topological polar surface area (TPSA) is 73.4 Å². The minimum absolute atomic E-state index is 0.187. The van der Waals surface area contributed by atoms with Crippen molar-refractivity contribution in [3.63, 3.8) is 0 Å². The highest BCUT2D eigenvalue weighted by atomic mass is 32.1. The zero-order valence-electron chi connectivity index (χ0n) is 19.3. The van der Waals surface area contributed by atoms with Gasteiger partial charge in [0, 0.05) is 26.2 Å². The Bertz CT molecular complexity index is 1060. The summed E-state index contributed by atoms with van der Waals surface area (Å²) in [5, 5.41) is 0.549. The van der Waals surface area contributed by atoms with E-state index in [1.54, 1.807) is 25.2 Å². The van der Waals surface area contributed by atoms with E-state index in [1.165, 1.54) is 35.6 Å². The fraction of sp³-hybridized carbons (Fsp3) is 0.417. The fourth-order valence-corrected chi connectivity index (χ4v) is 4.87. The smallest absolute Gasteiger partial charge is 0.266 e.